The molecule has 0 saturated heterocycles. The maximum Gasteiger partial charge on any atom is 0.265 e. The Morgan fingerprint density at radius 1 is 1.19 bits per heavy atom. The van der Waals surface area contributed by atoms with Gasteiger partial charge >= 0.3 is 0 Å². The van der Waals surface area contributed by atoms with Crippen LogP contribution < -0.4 is 9.46 Å². The maximum absolute atomic E-state index is 12.5. The number of anilines is 1. The second-order valence-corrected chi connectivity index (χ2v) is 6.21. The lowest BCUT2D eigenvalue weighted by Crippen LogP contribution is -2.15. The highest BCUT2D eigenvalue weighted by molar-refractivity contribution is 7.92. The predicted molar refractivity (Wildman–Crippen MR) is 80.9 cm³/mol. The summed E-state index contributed by atoms with van der Waals surface area (Å²) < 4.78 is 32.6. The van der Waals surface area contributed by atoms with Gasteiger partial charge in [0.2, 0.25) is 0 Å². The van der Waals surface area contributed by atoms with E-state index >= 15 is 0 Å². The molecule has 0 amide bonds. The van der Waals surface area contributed by atoms with Gasteiger partial charge in [-0.25, -0.2) is 8.42 Å². The van der Waals surface area contributed by atoms with Crippen molar-refractivity contribution in [2.75, 3.05) is 11.8 Å². The fourth-order valence-electron chi connectivity index (χ4n) is 1.92. The van der Waals surface area contributed by atoms with Crippen molar-refractivity contribution in [3.8, 4) is 5.75 Å². The number of benzene rings is 2. The van der Waals surface area contributed by atoms with Crippen LogP contribution in [0.2, 0.25) is 0 Å². The highest BCUT2D eigenvalue weighted by Gasteiger charge is 2.19. The van der Waals surface area contributed by atoms with Crippen molar-refractivity contribution in [3.63, 3.8) is 0 Å². The van der Waals surface area contributed by atoms with Gasteiger partial charge in [0, 0.05) is 0 Å². The second kappa shape index (κ2) is 6.15. The molecule has 21 heavy (non-hydrogen) atoms. The first-order chi connectivity index (χ1) is 9.97. The van der Waals surface area contributed by atoms with E-state index in [0.717, 1.165) is 5.56 Å². The van der Waals surface area contributed by atoms with Gasteiger partial charge in [0.1, 0.15) is 10.6 Å². The molecule has 2 rings (SSSR count). The maximum atomic E-state index is 12.5. The summed E-state index contributed by atoms with van der Waals surface area (Å²) in [6.45, 7) is 1.64. The average Bonchev–Trinajstić information content (AvgIpc) is 2.49. The van der Waals surface area contributed by atoms with Crippen molar-refractivity contribution in [1.29, 1.82) is 0 Å². The molecule has 5 nitrogen and oxygen atoms in total. The van der Waals surface area contributed by atoms with Gasteiger partial charge in [0.15, 0.2) is 0 Å². The SMILES string of the molecule is COc1ccccc1S(=O)(=O)Nc1cc(CO)ccc1C. The standard InChI is InChI=1S/C15H17NO4S/c1-11-7-8-12(10-17)9-13(11)16-21(18,19)15-6-4-3-5-14(15)20-2/h3-9,16-17H,10H2,1-2H3. The van der Waals surface area contributed by atoms with Crippen molar-refractivity contribution in [3.05, 3.63) is 53.6 Å². The predicted octanol–water partition coefficient (Wildman–Crippen LogP) is 2.30. The minimum Gasteiger partial charge on any atom is -0.495 e. The molecule has 0 aromatic heterocycles. The normalized spacial score (nSPS) is 11.2. The fraction of sp³-hybridized carbons (Fsp3) is 0.200. The van der Waals surface area contributed by atoms with Crippen molar-refractivity contribution < 1.29 is 18.3 Å². The van der Waals surface area contributed by atoms with E-state index in [1.165, 1.54) is 13.2 Å². The van der Waals surface area contributed by atoms with Gasteiger partial charge in [-0.1, -0.05) is 24.3 Å². The van der Waals surface area contributed by atoms with Crippen LogP contribution in [0.25, 0.3) is 0 Å². The van der Waals surface area contributed by atoms with Crippen LogP contribution in [0.3, 0.4) is 0 Å². The number of aliphatic hydroxyl groups excluding tert-OH is 1. The Morgan fingerprint density at radius 2 is 1.90 bits per heavy atom. The Kier molecular flexibility index (Phi) is 4.50. The van der Waals surface area contributed by atoms with Crippen LogP contribution in [-0.2, 0) is 16.6 Å². The van der Waals surface area contributed by atoms with E-state index in [4.69, 9.17) is 9.84 Å². The Labute approximate surface area is 124 Å². The quantitative estimate of drug-likeness (QED) is 0.888. The van der Waals surface area contributed by atoms with Gasteiger partial charge in [-0.2, -0.15) is 0 Å². The summed E-state index contributed by atoms with van der Waals surface area (Å²) >= 11 is 0. The Bertz CT molecular complexity index is 741. The van der Waals surface area contributed by atoms with Crippen LogP contribution in [0.1, 0.15) is 11.1 Å². The number of para-hydroxylation sites is 1. The highest BCUT2D eigenvalue weighted by atomic mass is 32.2. The number of methoxy groups -OCH3 is 1. The fourth-order valence-corrected chi connectivity index (χ4v) is 3.21. The second-order valence-electron chi connectivity index (χ2n) is 4.56. The topological polar surface area (TPSA) is 75.6 Å². The number of aryl methyl sites for hydroxylation is 1. The Balaban J connectivity index is 2.42. The van der Waals surface area contributed by atoms with Crippen molar-refractivity contribution in [2.45, 2.75) is 18.4 Å². The first kappa shape index (κ1) is 15.3. The zero-order valence-corrected chi connectivity index (χ0v) is 12.6. The van der Waals surface area contributed by atoms with E-state index in [0.29, 0.717) is 11.3 Å². The first-order valence-electron chi connectivity index (χ1n) is 6.34. The summed E-state index contributed by atoms with van der Waals surface area (Å²) in [5, 5.41) is 9.15. The Hall–Kier alpha value is -2.05. The van der Waals surface area contributed by atoms with Gasteiger partial charge in [-0.05, 0) is 36.2 Å². The number of hydrogen-bond acceptors (Lipinski definition) is 4. The molecule has 2 aromatic carbocycles. The largest absolute Gasteiger partial charge is 0.495 e. The molecule has 0 heterocycles. The smallest absolute Gasteiger partial charge is 0.265 e. The molecule has 0 unspecified atom stereocenters. The summed E-state index contributed by atoms with van der Waals surface area (Å²) in [5.74, 6) is 0.279. The van der Waals surface area contributed by atoms with Gasteiger partial charge in [-0.3, -0.25) is 4.72 Å². The first-order valence-corrected chi connectivity index (χ1v) is 7.82. The van der Waals surface area contributed by atoms with Crippen molar-refractivity contribution in [2.24, 2.45) is 0 Å². The zero-order valence-electron chi connectivity index (χ0n) is 11.8. The summed E-state index contributed by atoms with van der Waals surface area (Å²) in [6.07, 6.45) is 0. The van der Waals surface area contributed by atoms with Crippen molar-refractivity contribution >= 4 is 15.7 Å². The molecule has 2 aromatic rings. The number of aliphatic hydroxyl groups is 1. The molecule has 0 aliphatic carbocycles. The zero-order chi connectivity index (χ0) is 15.5. The molecule has 2 N–H and O–H groups in total. The van der Waals surface area contributed by atoms with Crippen LogP contribution in [0.15, 0.2) is 47.4 Å². The van der Waals surface area contributed by atoms with Gasteiger partial charge in [0.25, 0.3) is 10.0 Å². The number of nitrogens with one attached hydrogen (secondary N) is 1. The molecule has 0 aliphatic heterocycles. The molecule has 6 heteroatoms. The molecule has 0 radical (unpaired) electrons. The average molecular weight is 307 g/mol. The third kappa shape index (κ3) is 3.34. The third-order valence-corrected chi connectivity index (χ3v) is 4.49. The van der Waals surface area contributed by atoms with Gasteiger partial charge in [0.05, 0.1) is 19.4 Å². The van der Waals surface area contributed by atoms with Gasteiger partial charge < -0.3 is 9.84 Å². The monoisotopic (exact) mass is 307 g/mol. The van der Waals surface area contributed by atoms with E-state index in [9.17, 15) is 8.42 Å². The number of rotatable bonds is 5. The minimum atomic E-state index is -3.76. The summed E-state index contributed by atoms with van der Waals surface area (Å²) in [7, 11) is -2.34. The van der Waals surface area contributed by atoms with Crippen LogP contribution >= 0.6 is 0 Å². The van der Waals surface area contributed by atoms with E-state index < -0.39 is 10.0 Å². The van der Waals surface area contributed by atoms with Crippen LogP contribution in [0, 0.1) is 6.92 Å². The van der Waals surface area contributed by atoms with E-state index in [2.05, 4.69) is 4.72 Å². The molecular weight excluding hydrogens is 290 g/mol. The van der Waals surface area contributed by atoms with Gasteiger partial charge in [-0.15, -0.1) is 0 Å². The number of hydrogen-bond donors (Lipinski definition) is 2. The number of ether oxygens (including phenoxy) is 1. The summed E-state index contributed by atoms with van der Waals surface area (Å²) in [6, 6.07) is 11.5. The lowest BCUT2D eigenvalue weighted by Gasteiger charge is -2.13. The molecule has 0 atom stereocenters. The van der Waals surface area contributed by atoms with Crippen molar-refractivity contribution in [1.82, 2.24) is 0 Å². The third-order valence-electron chi connectivity index (χ3n) is 3.09. The summed E-state index contributed by atoms with van der Waals surface area (Å²) in [5.41, 5.74) is 1.84. The van der Waals surface area contributed by atoms with Crippen LogP contribution in [-0.4, -0.2) is 20.6 Å². The minimum absolute atomic E-state index is 0.0706. The summed E-state index contributed by atoms with van der Waals surface area (Å²) in [4.78, 5) is 0.0706. The van der Waals surface area contributed by atoms with Crippen LogP contribution in [0.4, 0.5) is 5.69 Å². The molecule has 0 aliphatic rings. The van der Waals surface area contributed by atoms with E-state index in [-0.39, 0.29) is 17.3 Å². The number of sulfonamides is 1. The van der Waals surface area contributed by atoms with E-state index in [1.54, 1.807) is 43.3 Å². The lowest BCUT2D eigenvalue weighted by atomic mass is 10.1. The molecule has 0 saturated carbocycles. The molecular formula is C15H17NO4S. The molecule has 0 fully saturated rings. The molecule has 0 spiro atoms. The van der Waals surface area contributed by atoms with E-state index in [1.807, 2.05) is 0 Å². The lowest BCUT2D eigenvalue weighted by molar-refractivity contribution is 0.282. The molecule has 0 bridgehead atoms. The molecule has 112 valence electrons. The van der Waals surface area contributed by atoms with Crippen LogP contribution in [0.5, 0.6) is 5.75 Å². The highest BCUT2D eigenvalue weighted by Crippen LogP contribution is 2.26. The Morgan fingerprint density at radius 3 is 2.57 bits per heavy atom.